The fourth-order valence-electron chi connectivity index (χ4n) is 6.43. The molecule has 12 heteroatoms. The van der Waals surface area contributed by atoms with Crippen molar-refractivity contribution in [2.75, 3.05) is 7.05 Å². The van der Waals surface area contributed by atoms with Gasteiger partial charge >= 0.3 is 0 Å². The SMILES string of the molecule is CCCCCCCC/C=C\CCCCCCCC(=O)N[C@@H](Cc1cnc[nH]1)C(=O)C[C@@H](C)C(=O)N[C@H](C(=O)C[C@@H](Cc1cnc[nH]1)C(=O)NC)C(C)C. The van der Waals surface area contributed by atoms with Crippen LogP contribution in [0.3, 0.4) is 0 Å². The van der Waals surface area contributed by atoms with E-state index in [0.717, 1.165) is 44.2 Å². The summed E-state index contributed by atoms with van der Waals surface area (Å²) in [5.41, 5.74) is 1.43. The van der Waals surface area contributed by atoms with Crippen molar-refractivity contribution >= 4 is 29.3 Å². The van der Waals surface area contributed by atoms with Crippen LogP contribution in [0.1, 0.15) is 142 Å². The maximum Gasteiger partial charge on any atom is 0.223 e. The maximum absolute atomic E-state index is 13.5. The Kier molecular flexibility index (Phi) is 22.7. The van der Waals surface area contributed by atoms with Gasteiger partial charge in [-0.2, -0.15) is 0 Å². The smallest absolute Gasteiger partial charge is 0.223 e. The number of hydrogen-bond acceptors (Lipinski definition) is 7. The van der Waals surface area contributed by atoms with E-state index in [1.165, 1.54) is 64.6 Å². The molecular formula is C41H67N7O5. The highest BCUT2D eigenvalue weighted by molar-refractivity contribution is 5.95. The number of allylic oxidation sites excluding steroid dienone is 2. The Morgan fingerprint density at radius 1 is 0.698 bits per heavy atom. The lowest BCUT2D eigenvalue weighted by Gasteiger charge is -2.25. The summed E-state index contributed by atoms with van der Waals surface area (Å²) in [6.07, 6.45) is 26.8. The molecule has 0 aliphatic carbocycles. The van der Waals surface area contributed by atoms with E-state index in [0.29, 0.717) is 18.5 Å². The Labute approximate surface area is 317 Å². The van der Waals surface area contributed by atoms with Gasteiger partial charge in [0.15, 0.2) is 11.6 Å². The van der Waals surface area contributed by atoms with Crippen LogP contribution in [-0.4, -0.2) is 68.4 Å². The largest absolute Gasteiger partial charge is 0.359 e. The lowest BCUT2D eigenvalue weighted by atomic mass is 9.89. The third-order valence-corrected chi connectivity index (χ3v) is 9.72. The summed E-state index contributed by atoms with van der Waals surface area (Å²) in [5, 5.41) is 8.36. The van der Waals surface area contributed by atoms with Crippen LogP contribution in [0.5, 0.6) is 0 Å². The van der Waals surface area contributed by atoms with Crippen molar-refractivity contribution in [3.63, 3.8) is 0 Å². The normalized spacial score (nSPS) is 13.8. The number of nitrogens with one attached hydrogen (secondary N) is 5. The second-order valence-corrected chi connectivity index (χ2v) is 14.8. The Morgan fingerprint density at radius 2 is 1.26 bits per heavy atom. The molecule has 53 heavy (non-hydrogen) atoms. The highest BCUT2D eigenvalue weighted by atomic mass is 16.2. The van der Waals surface area contributed by atoms with Crippen LogP contribution in [-0.2, 0) is 36.8 Å². The van der Waals surface area contributed by atoms with E-state index in [4.69, 9.17) is 0 Å². The summed E-state index contributed by atoms with van der Waals surface area (Å²) in [4.78, 5) is 79.8. The molecule has 2 heterocycles. The number of rotatable bonds is 30. The van der Waals surface area contributed by atoms with Gasteiger partial charge in [0.05, 0.1) is 30.7 Å². The van der Waals surface area contributed by atoms with Crippen LogP contribution in [0.4, 0.5) is 0 Å². The van der Waals surface area contributed by atoms with Gasteiger partial charge in [-0.05, 0) is 38.0 Å². The monoisotopic (exact) mass is 738 g/mol. The summed E-state index contributed by atoms with van der Waals surface area (Å²) in [5.74, 6) is -3.06. The first-order valence-corrected chi connectivity index (χ1v) is 20.0. The quantitative estimate of drug-likeness (QED) is 0.0449. The van der Waals surface area contributed by atoms with Gasteiger partial charge in [0.2, 0.25) is 17.7 Å². The van der Waals surface area contributed by atoms with E-state index in [2.05, 4.69) is 55.0 Å². The Morgan fingerprint density at radius 3 is 1.81 bits per heavy atom. The number of amides is 3. The first-order valence-electron chi connectivity index (χ1n) is 20.0. The van der Waals surface area contributed by atoms with Crippen LogP contribution in [0.15, 0.2) is 37.2 Å². The molecule has 0 aromatic carbocycles. The number of nitrogens with zero attached hydrogens (tertiary/aromatic N) is 2. The van der Waals surface area contributed by atoms with Crippen LogP contribution < -0.4 is 16.0 Å². The molecule has 0 fully saturated rings. The molecule has 0 saturated carbocycles. The van der Waals surface area contributed by atoms with E-state index >= 15 is 0 Å². The first kappa shape index (κ1) is 45.1. The lowest BCUT2D eigenvalue weighted by Crippen LogP contribution is -2.48. The van der Waals surface area contributed by atoms with E-state index in [1.54, 1.807) is 19.3 Å². The minimum atomic E-state index is -0.833. The zero-order chi connectivity index (χ0) is 38.8. The zero-order valence-corrected chi connectivity index (χ0v) is 33.0. The Bertz CT molecular complexity index is 1360. The molecular weight excluding hydrogens is 670 g/mol. The van der Waals surface area contributed by atoms with Crippen molar-refractivity contribution in [2.45, 2.75) is 155 Å². The molecule has 4 atom stereocenters. The Balaban J connectivity index is 1.82. The van der Waals surface area contributed by atoms with E-state index < -0.39 is 29.8 Å². The molecule has 0 radical (unpaired) electrons. The highest BCUT2D eigenvalue weighted by Crippen LogP contribution is 2.17. The molecule has 3 amide bonds. The molecule has 2 aromatic rings. The van der Waals surface area contributed by atoms with Crippen molar-refractivity contribution in [1.82, 2.24) is 35.9 Å². The van der Waals surface area contributed by atoms with Crippen molar-refractivity contribution < 1.29 is 24.0 Å². The number of aromatic amines is 2. The number of carbonyl (C=O) groups excluding carboxylic acids is 5. The number of aromatic nitrogens is 4. The second-order valence-electron chi connectivity index (χ2n) is 14.8. The van der Waals surface area contributed by atoms with Gasteiger partial charge in [-0.15, -0.1) is 0 Å². The van der Waals surface area contributed by atoms with Crippen molar-refractivity contribution in [3.8, 4) is 0 Å². The van der Waals surface area contributed by atoms with E-state index in [-0.39, 0.29) is 48.6 Å². The molecule has 0 aliphatic rings. The number of ketones is 2. The fourth-order valence-corrected chi connectivity index (χ4v) is 6.43. The molecule has 0 unspecified atom stereocenters. The molecule has 0 aliphatic heterocycles. The minimum Gasteiger partial charge on any atom is -0.359 e. The minimum absolute atomic E-state index is 0.0654. The van der Waals surface area contributed by atoms with Gasteiger partial charge < -0.3 is 25.9 Å². The predicted octanol–water partition coefficient (Wildman–Crippen LogP) is 6.50. The summed E-state index contributed by atoms with van der Waals surface area (Å²) in [6.45, 7) is 7.54. The zero-order valence-electron chi connectivity index (χ0n) is 33.0. The van der Waals surface area contributed by atoms with Crippen LogP contribution in [0, 0.1) is 17.8 Å². The summed E-state index contributed by atoms with van der Waals surface area (Å²) in [6, 6.07) is -1.65. The molecule has 296 valence electrons. The topological polar surface area (TPSA) is 179 Å². The van der Waals surface area contributed by atoms with Crippen LogP contribution >= 0.6 is 0 Å². The average molecular weight is 738 g/mol. The van der Waals surface area contributed by atoms with Gasteiger partial charge in [-0.1, -0.05) is 91.2 Å². The van der Waals surface area contributed by atoms with Gasteiger partial charge in [-0.25, -0.2) is 9.97 Å². The number of carbonyl (C=O) groups is 5. The summed E-state index contributed by atoms with van der Waals surface area (Å²) in [7, 11) is 1.52. The van der Waals surface area contributed by atoms with Crippen molar-refractivity contribution in [3.05, 3.63) is 48.6 Å². The van der Waals surface area contributed by atoms with Gasteiger partial charge in [0.25, 0.3) is 0 Å². The number of Topliss-reactive ketones (excluding diaryl/α,β-unsaturated/α-hetero) is 2. The number of H-pyrrole nitrogens is 2. The molecule has 2 rings (SSSR count). The Hall–Kier alpha value is -4.09. The fraction of sp³-hybridized carbons (Fsp3) is 0.683. The molecule has 0 saturated heterocycles. The number of unbranched alkanes of at least 4 members (excludes halogenated alkanes) is 11. The average Bonchev–Trinajstić information content (AvgIpc) is 3.86. The lowest BCUT2D eigenvalue weighted by molar-refractivity contribution is -0.134. The first-order chi connectivity index (χ1) is 25.5. The van der Waals surface area contributed by atoms with Crippen LogP contribution in [0.2, 0.25) is 0 Å². The third kappa shape index (κ3) is 19.0. The van der Waals surface area contributed by atoms with E-state index in [1.807, 2.05) is 13.8 Å². The maximum atomic E-state index is 13.5. The van der Waals surface area contributed by atoms with E-state index in [9.17, 15) is 24.0 Å². The molecule has 12 nitrogen and oxygen atoms in total. The van der Waals surface area contributed by atoms with Crippen molar-refractivity contribution in [1.29, 1.82) is 0 Å². The van der Waals surface area contributed by atoms with Gasteiger partial charge in [0, 0.05) is 68.9 Å². The molecule has 0 bridgehead atoms. The predicted molar refractivity (Wildman–Crippen MR) is 209 cm³/mol. The summed E-state index contributed by atoms with van der Waals surface area (Å²) < 4.78 is 0. The standard InChI is InChI=1S/C41H67N7O5/c1-6-7-8-9-10-11-12-13-14-15-16-17-18-19-20-21-38(51)47-35(25-34-27-44-29-46-34)36(49)22-31(4)40(52)48-39(30(2)3)37(50)24-32(41(53)42-5)23-33-26-43-28-45-33/h13-14,26-32,35,39H,6-12,15-25H2,1-5H3,(H,42,53)(H,43,45)(H,44,46)(H,47,51)(H,48,52)/b14-13-/t31-,32-,35+,39+/m1/s1. The third-order valence-electron chi connectivity index (χ3n) is 9.72. The van der Waals surface area contributed by atoms with Gasteiger partial charge in [0.1, 0.15) is 0 Å². The molecule has 5 N–H and O–H groups in total. The highest BCUT2D eigenvalue weighted by Gasteiger charge is 2.32. The number of hydrogen-bond donors (Lipinski definition) is 5. The van der Waals surface area contributed by atoms with Crippen molar-refractivity contribution in [2.24, 2.45) is 17.8 Å². The second kappa shape index (κ2) is 26.6. The van der Waals surface area contributed by atoms with Gasteiger partial charge in [-0.3, -0.25) is 24.0 Å². The van der Waals surface area contributed by atoms with Crippen LogP contribution in [0.25, 0.3) is 0 Å². The molecule has 0 spiro atoms. The number of imidazole rings is 2. The molecule has 2 aromatic heterocycles. The summed E-state index contributed by atoms with van der Waals surface area (Å²) >= 11 is 0.